The van der Waals surface area contributed by atoms with Crippen LogP contribution in [-0.2, 0) is 9.59 Å². The molecule has 0 spiro atoms. The van der Waals surface area contributed by atoms with Gasteiger partial charge < -0.3 is 9.84 Å². The number of phenolic OH excluding ortho intramolecular Hbond substituents is 1. The number of rotatable bonds is 4. The summed E-state index contributed by atoms with van der Waals surface area (Å²) in [4.78, 5) is 38.3. The second-order valence-corrected chi connectivity index (χ2v) is 6.60. The molecule has 0 saturated carbocycles. The standard InChI is InChI=1S/C21H20N2O5/c1-12(2)13-7-9-15(10-8-13)23-20(26)16(19(25)22-21(23)27)11-14-5-4-6-17(28-3)18(14)24/h4-12,24H,1-3H3,(H,22,25,27)/b16-11+. The van der Waals surface area contributed by atoms with E-state index in [2.05, 4.69) is 5.32 Å². The van der Waals surface area contributed by atoms with Crippen LogP contribution in [0.2, 0.25) is 0 Å². The van der Waals surface area contributed by atoms with Gasteiger partial charge in [-0.05, 0) is 35.8 Å². The highest BCUT2D eigenvalue weighted by molar-refractivity contribution is 6.39. The molecule has 0 aromatic heterocycles. The molecule has 0 atom stereocenters. The first-order valence-electron chi connectivity index (χ1n) is 8.71. The fourth-order valence-electron chi connectivity index (χ4n) is 2.88. The number of nitrogens with zero attached hydrogens (tertiary/aromatic N) is 1. The van der Waals surface area contributed by atoms with E-state index >= 15 is 0 Å². The molecule has 7 nitrogen and oxygen atoms in total. The van der Waals surface area contributed by atoms with Crippen molar-refractivity contribution in [2.45, 2.75) is 19.8 Å². The number of aromatic hydroxyl groups is 1. The van der Waals surface area contributed by atoms with Crippen molar-refractivity contribution in [2.75, 3.05) is 12.0 Å². The Balaban J connectivity index is 2.01. The van der Waals surface area contributed by atoms with Crippen LogP contribution in [0.1, 0.15) is 30.9 Å². The first-order chi connectivity index (χ1) is 13.3. The van der Waals surface area contributed by atoms with E-state index in [-0.39, 0.29) is 22.6 Å². The Morgan fingerprint density at radius 1 is 1.07 bits per heavy atom. The quantitative estimate of drug-likeness (QED) is 0.627. The van der Waals surface area contributed by atoms with Gasteiger partial charge in [-0.1, -0.05) is 38.1 Å². The molecule has 0 radical (unpaired) electrons. The molecule has 2 N–H and O–H groups in total. The minimum Gasteiger partial charge on any atom is -0.504 e. The van der Waals surface area contributed by atoms with Crippen LogP contribution in [0.3, 0.4) is 0 Å². The molecule has 28 heavy (non-hydrogen) atoms. The summed E-state index contributed by atoms with van der Waals surface area (Å²) in [5, 5.41) is 12.4. The lowest BCUT2D eigenvalue weighted by Crippen LogP contribution is -2.54. The Kier molecular flexibility index (Phi) is 5.17. The minimum absolute atomic E-state index is 0.204. The summed E-state index contributed by atoms with van der Waals surface area (Å²) >= 11 is 0. The van der Waals surface area contributed by atoms with Gasteiger partial charge in [0.25, 0.3) is 11.8 Å². The second-order valence-electron chi connectivity index (χ2n) is 6.60. The fourth-order valence-corrected chi connectivity index (χ4v) is 2.88. The molecule has 4 amide bonds. The molecule has 7 heteroatoms. The van der Waals surface area contributed by atoms with Gasteiger partial charge in [0, 0.05) is 5.56 Å². The van der Waals surface area contributed by atoms with Gasteiger partial charge in [-0.3, -0.25) is 14.9 Å². The van der Waals surface area contributed by atoms with E-state index in [0.717, 1.165) is 10.5 Å². The highest BCUT2D eigenvalue weighted by Crippen LogP contribution is 2.32. The Morgan fingerprint density at radius 3 is 2.36 bits per heavy atom. The molecular formula is C21H20N2O5. The molecule has 1 aliphatic heterocycles. The zero-order valence-electron chi connectivity index (χ0n) is 15.7. The van der Waals surface area contributed by atoms with Crippen LogP contribution in [0, 0.1) is 0 Å². The lowest BCUT2D eigenvalue weighted by atomic mass is 10.0. The number of barbiturate groups is 1. The Bertz CT molecular complexity index is 977. The van der Waals surface area contributed by atoms with Gasteiger partial charge in [-0.25, -0.2) is 9.69 Å². The summed E-state index contributed by atoms with van der Waals surface area (Å²) in [7, 11) is 1.39. The number of hydrogen-bond donors (Lipinski definition) is 2. The van der Waals surface area contributed by atoms with Gasteiger partial charge in [0.2, 0.25) is 0 Å². The predicted molar refractivity (Wildman–Crippen MR) is 104 cm³/mol. The van der Waals surface area contributed by atoms with E-state index in [1.807, 2.05) is 26.0 Å². The van der Waals surface area contributed by atoms with Crippen molar-refractivity contribution < 1.29 is 24.2 Å². The van der Waals surface area contributed by atoms with Crippen LogP contribution in [0.4, 0.5) is 10.5 Å². The number of benzene rings is 2. The zero-order chi connectivity index (χ0) is 20.4. The molecule has 144 valence electrons. The summed E-state index contributed by atoms with van der Waals surface area (Å²) in [5.41, 5.74) is 1.36. The highest BCUT2D eigenvalue weighted by atomic mass is 16.5. The average Bonchev–Trinajstić information content (AvgIpc) is 2.66. The zero-order valence-corrected chi connectivity index (χ0v) is 15.7. The van der Waals surface area contributed by atoms with Crippen LogP contribution in [0.15, 0.2) is 48.0 Å². The first-order valence-corrected chi connectivity index (χ1v) is 8.71. The van der Waals surface area contributed by atoms with Gasteiger partial charge in [-0.15, -0.1) is 0 Å². The molecule has 1 heterocycles. The molecule has 3 rings (SSSR count). The molecule has 1 fully saturated rings. The number of para-hydroxylation sites is 1. The van der Waals surface area contributed by atoms with Crippen LogP contribution >= 0.6 is 0 Å². The summed E-state index contributed by atoms with van der Waals surface area (Å²) in [6.45, 7) is 4.07. The number of hydrogen-bond acceptors (Lipinski definition) is 5. The third-order valence-corrected chi connectivity index (χ3v) is 4.47. The number of methoxy groups -OCH3 is 1. The van der Waals surface area contributed by atoms with Crippen molar-refractivity contribution in [3.63, 3.8) is 0 Å². The first kappa shape index (κ1) is 19.2. The van der Waals surface area contributed by atoms with Gasteiger partial charge >= 0.3 is 6.03 Å². The maximum atomic E-state index is 12.9. The average molecular weight is 380 g/mol. The smallest absolute Gasteiger partial charge is 0.335 e. The number of imide groups is 2. The van der Waals surface area contributed by atoms with Crippen LogP contribution < -0.4 is 15.0 Å². The summed E-state index contributed by atoms with van der Waals surface area (Å²) < 4.78 is 5.04. The number of urea groups is 1. The Hall–Kier alpha value is -3.61. The van der Waals surface area contributed by atoms with E-state index in [1.165, 1.54) is 19.3 Å². The molecule has 0 unspecified atom stereocenters. The summed E-state index contributed by atoms with van der Waals surface area (Å²) in [5.74, 6) is -1.30. The van der Waals surface area contributed by atoms with E-state index in [0.29, 0.717) is 11.6 Å². The minimum atomic E-state index is -0.827. The number of carbonyl (C=O) groups is 3. The van der Waals surface area contributed by atoms with Crippen LogP contribution in [0.5, 0.6) is 11.5 Å². The van der Waals surface area contributed by atoms with Gasteiger partial charge in [0.15, 0.2) is 11.5 Å². The molecule has 2 aromatic carbocycles. The summed E-state index contributed by atoms with van der Waals surface area (Å²) in [6.07, 6.45) is 1.23. The molecular weight excluding hydrogens is 360 g/mol. The number of nitrogens with one attached hydrogen (secondary N) is 1. The van der Waals surface area contributed by atoms with E-state index < -0.39 is 17.8 Å². The van der Waals surface area contributed by atoms with Crippen molar-refractivity contribution >= 4 is 29.6 Å². The van der Waals surface area contributed by atoms with E-state index in [1.54, 1.807) is 24.3 Å². The second kappa shape index (κ2) is 7.56. The lowest BCUT2D eigenvalue weighted by molar-refractivity contribution is -0.122. The highest BCUT2D eigenvalue weighted by Gasteiger charge is 2.37. The molecule has 1 saturated heterocycles. The maximum absolute atomic E-state index is 12.9. The van der Waals surface area contributed by atoms with Gasteiger partial charge in [0.05, 0.1) is 12.8 Å². The lowest BCUT2D eigenvalue weighted by Gasteiger charge is -2.26. The van der Waals surface area contributed by atoms with Crippen molar-refractivity contribution in [1.29, 1.82) is 0 Å². The number of phenols is 1. The Morgan fingerprint density at radius 2 is 1.75 bits per heavy atom. The Labute approximate surface area is 162 Å². The van der Waals surface area contributed by atoms with Crippen LogP contribution in [-0.4, -0.2) is 30.1 Å². The van der Waals surface area contributed by atoms with Crippen molar-refractivity contribution in [3.8, 4) is 11.5 Å². The van der Waals surface area contributed by atoms with Gasteiger partial charge in [-0.2, -0.15) is 0 Å². The van der Waals surface area contributed by atoms with Gasteiger partial charge in [0.1, 0.15) is 5.57 Å². The topological polar surface area (TPSA) is 95.9 Å². The number of carbonyl (C=O) groups excluding carboxylic acids is 3. The predicted octanol–water partition coefficient (Wildman–Crippen LogP) is 3.19. The summed E-state index contributed by atoms with van der Waals surface area (Å²) in [6, 6.07) is 10.8. The third-order valence-electron chi connectivity index (χ3n) is 4.47. The van der Waals surface area contributed by atoms with E-state index in [9.17, 15) is 19.5 Å². The van der Waals surface area contributed by atoms with Crippen LogP contribution in [0.25, 0.3) is 6.08 Å². The molecule has 1 aliphatic rings. The SMILES string of the molecule is COc1cccc(/C=C2\C(=O)NC(=O)N(c3ccc(C(C)C)cc3)C2=O)c1O. The van der Waals surface area contributed by atoms with Crippen molar-refractivity contribution in [1.82, 2.24) is 5.32 Å². The molecule has 0 bridgehead atoms. The molecule has 0 aliphatic carbocycles. The number of anilines is 1. The fraction of sp³-hybridized carbons (Fsp3) is 0.190. The third kappa shape index (κ3) is 3.46. The normalized spacial score (nSPS) is 15.9. The van der Waals surface area contributed by atoms with Crippen molar-refractivity contribution in [2.24, 2.45) is 0 Å². The number of amides is 4. The molecule has 2 aromatic rings. The number of ether oxygens (including phenoxy) is 1. The largest absolute Gasteiger partial charge is 0.504 e. The van der Waals surface area contributed by atoms with E-state index in [4.69, 9.17) is 4.74 Å². The maximum Gasteiger partial charge on any atom is 0.335 e. The monoisotopic (exact) mass is 380 g/mol. The van der Waals surface area contributed by atoms with Crippen molar-refractivity contribution in [3.05, 3.63) is 59.2 Å².